The number of nitriles is 1. The van der Waals surface area contributed by atoms with Crippen molar-refractivity contribution in [1.82, 2.24) is 4.90 Å². The normalized spacial score (nSPS) is 14.4. The third kappa shape index (κ3) is 3.39. The zero-order valence-corrected chi connectivity index (χ0v) is 11.8. The average Bonchev–Trinajstić information content (AvgIpc) is 2.91. The maximum absolute atomic E-state index is 11.9. The first-order valence-electron chi connectivity index (χ1n) is 6.68. The van der Waals surface area contributed by atoms with Gasteiger partial charge in [-0.2, -0.15) is 5.26 Å². The fourth-order valence-electron chi connectivity index (χ4n) is 2.15. The van der Waals surface area contributed by atoms with E-state index in [1.165, 1.54) is 5.56 Å². The molecule has 1 heterocycles. The van der Waals surface area contributed by atoms with Gasteiger partial charge in [-0.15, -0.1) is 0 Å². The summed E-state index contributed by atoms with van der Waals surface area (Å²) in [7, 11) is 1.71. The molecule has 1 amide bonds. The fraction of sp³-hybridized carbons (Fsp3) is 0.375. The van der Waals surface area contributed by atoms with Crippen LogP contribution in [0.15, 0.2) is 24.3 Å². The van der Waals surface area contributed by atoms with Gasteiger partial charge in [-0.25, -0.2) is 0 Å². The highest BCUT2D eigenvalue weighted by molar-refractivity contribution is 5.91. The molecule has 0 saturated carbocycles. The number of benzene rings is 1. The summed E-state index contributed by atoms with van der Waals surface area (Å²) in [5.41, 5.74) is 2.18. The van der Waals surface area contributed by atoms with Crippen LogP contribution in [0.4, 0.5) is 0 Å². The molecular weight excluding hydrogens is 252 g/mol. The van der Waals surface area contributed by atoms with E-state index in [1.54, 1.807) is 31.0 Å². The molecule has 0 saturated heterocycles. The van der Waals surface area contributed by atoms with E-state index in [0.29, 0.717) is 6.54 Å². The number of fused-ring (bicyclic) bond motifs is 1. The van der Waals surface area contributed by atoms with E-state index in [-0.39, 0.29) is 11.8 Å². The molecule has 4 heteroatoms. The number of hydrogen-bond donors (Lipinski definition) is 0. The van der Waals surface area contributed by atoms with Crippen molar-refractivity contribution in [2.24, 2.45) is 5.92 Å². The number of carbonyl (C=O) groups excluding carboxylic acids is 1. The minimum Gasteiger partial charge on any atom is -0.493 e. The van der Waals surface area contributed by atoms with Gasteiger partial charge in [-0.1, -0.05) is 6.07 Å². The van der Waals surface area contributed by atoms with Crippen LogP contribution in [0, 0.1) is 17.2 Å². The molecule has 0 aliphatic carbocycles. The molecular formula is C16H18N2O2. The average molecular weight is 270 g/mol. The van der Waals surface area contributed by atoms with Crippen LogP contribution in [0.3, 0.4) is 0 Å². The van der Waals surface area contributed by atoms with Gasteiger partial charge in [0, 0.05) is 26.1 Å². The molecule has 4 nitrogen and oxygen atoms in total. The molecule has 1 aliphatic rings. The van der Waals surface area contributed by atoms with E-state index in [2.05, 4.69) is 6.07 Å². The highest BCUT2D eigenvalue weighted by Gasteiger charge is 2.12. The van der Waals surface area contributed by atoms with Crippen LogP contribution in [-0.2, 0) is 11.2 Å². The zero-order chi connectivity index (χ0) is 14.5. The van der Waals surface area contributed by atoms with Crippen molar-refractivity contribution >= 4 is 12.0 Å². The van der Waals surface area contributed by atoms with E-state index in [4.69, 9.17) is 10.00 Å². The Kier molecular flexibility index (Phi) is 4.41. The Morgan fingerprint density at radius 1 is 1.60 bits per heavy atom. The predicted molar refractivity (Wildman–Crippen MR) is 77.1 cm³/mol. The molecule has 0 unspecified atom stereocenters. The molecule has 2 rings (SSSR count). The summed E-state index contributed by atoms with van der Waals surface area (Å²) in [5.74, 6) is 0.687. The van der Waals surface area contributed by atoms with Gasteiger partial charge in [-0.05, 0) is 36.3 Å². The van der Waals surface area contributed by atoms with Crippen molar-refractivity contribution in [2.45, 2.75) is 13.3 Å². The van der Waals surface area contributed by atoms with Gasteiger partial charge in [0.25, 0.3) is 0 Å². The second-order valence-electron chi connectivity index (χ2n) is 5.05. The molecule has 0 N–H and O–H groups in total. The Morgan fingerprint density at radius 3 is 3.15 bits per heavy atom. The van der Waals surface area contributed by atoms with Crippen LogP contribution >= 0.6 is 0 Å². The largest absolute Gasteiger partial charge is 0.493 e. The summed E-state index contributed by atoms with van der Waals surface area (Å²) in [6.45, 7) is 2.97. The second kappa shape index (κ2) is 6.25. The van der Waals surface area contributed by atoms with Crippen molar-refractivity contribution in [3.05, 3.63) is 35.4 Å². The van der Waals surface area contributed by atoms with Crippen LogP contribution in [0.5, 0.6) is 5.75 Å². The lowest BCUT2D eigenvalue weighted by Gasteiger charge is -2.15. The molecule has 1 aliphatic heterocycles. The summed E-state index contributed by atoms with van der Waals surface area (Å²) in [4.78, 5) is 13.5. The fourth-order valence-corrected chi connectivity index (χ4v) is 2.15. The molecule has 104 valence electrons. The SMILES string of the molecule is C[C@@H](C#N)CN(C)C(=O)/C=C\c1ccc2c(c1)CCO2. The van der Waals surface area contributed by atoms with E-state index < -0.39 is 0 Å². The lowest BCUT2D eigenvalue weighted by molar-refractivity contribution is -0.125. The molecule has 0 aromatic heterocycles. The molecule has 0 bridgehead atoms. The van der Waals surface area contributed by atoms with Crippen LogP contribution < -0.4 is 4.74 Å². The van der Waals surface area contributed by atoms with Crippen molar-refractivity contribution in [3.8, 4) is 11.8 Å². The van der Waals surface area contributed by atoms with Gasteiger partial charge in [0.1, 0.15) is 5.75 Å². The minimum atomic E-state index is -0.158. The van der Waals surface area contributed by atoms with Gasteiger partial charge in [0.05, 0.1) is 18.6 Å². The standard InChI is InChI=1S/C16H18N2O2/c1-12(10-17)11-18(2)16(19)6-4-13-3-5-15-14(9-13)7-8-20-15/h3-6,9,12H,7-8,11H2,1-2H3/b6-4-/t12-/m0/s1. The second-order valence-corrected chi connectivity index (χ2v) is 5.05. The van der Waals surface area contributed by atoms with E-state index >= 15 is 0 Å². The Labute approximate surface area is 119 Å². The van der Waals surface area contributed by atoms with Gasteiger partial charge in [0.2, 0.25) is 5.91 Å². The summed E-state index contributed by atoms with van der Waals surface area (Å²) in [6, 6.07) is 8.04. The Bertz CT molecular complexity index is 572. The van der Waals surface area contributed by atoms with Gasteiger partial charge in [-0.3, -0.25) is 4.79 Å². The number of carbonyl (C=O) groups is 1. The minimum absolute atomic E-state index is 0.0937. The number of likely N-dealkylation sites (N-methyl/N-ethyl adjacent to an activating group) is 1. The Morgan fingerprint density at radius 2 is 2.40 bits per heavy atom. The molecule has 0 fully saturated rings. The summed E-state index contributed by atoms with van der Waals surface area (Å²) in [6.07, 6.45) is 4.26. The quantitative estimate of drug-likeness (QED) is 0.788. The number of hydrogen-bond acceptors (Lipinski definition) is 3. The van der Waals surface area contributed by atoms with Crippen molar-refractivity contribution in [1.29, 1.82) is 5.26 Å². The highest BCUT2D eigenvalue weighted by atomic mass is 16.5. The molecule has 0 spiro atoms. The van der Waals surface area contributed by atoms with Gasteiger partial charge in [0.15, 0.2) is 0 Å². The highest BCUT2D eigenvalue weighted by Crippen LogP contribution is 2.26. The Hall–Kier alpha value is -2.28. The number of rotatable bonds is 4. The third-order valence-corrected chi connectivity index (χ3v) is 3.28. The Balaban J connectivity index is 1.99. The summed E-state index contributed by atoms with van der Waals surface area (Å²) < 4.78 is 5.44. The first-order valence-corrected chi connectivity index (χ1v) is 6.68. The molecule has 0 radical (unpaired) electrons. The summed E-state index contributed by atoms with van der Waals surface area (Å²) >= 11 is 0. The van der Waals surface area contributed by atoms with Crippen LogP contribution in [0.1, 0.15) is 18.1 Å². The number of ether oxygens (including phenoxy) is 1. The van der Waals surface area contributed by atoms with E-state index in [0.717, 1.165) is 24.3 Å². The summed E-state index contributed by atoms with van der Waals surface area (Å²) in [5, 5.41) is 8.75. The van der Waals surface area contributed by atoms with Crippen molar-refractivity contribution in [2.75, 3.05) is 20.2 Å². The van der Waals surface area contributed by atoms with E-state index in [1.807, 2.05) is 18.2 Å². The predicted octanol–water partition coefficient (Wildman–Crippen LogP) is 2.25. The number of amides is 1. The van der Waals surface area contributed by atoms with E-state index in [9.17, 15) is 4.79 Å². The van der Waals surface area contributed by atoms with Crippen molar-refractivity contribution < 1.29 is 9.53 Å². The molecule has 1 atom stereocenters. The molecule has 1 aromatic rings. The number of nitrogens with zero attached hydrogens (tertiary/aromatic N) is 2. The molecule has 1 aromatic carbocycles. The van der Waals surface area contributed by atoms with Crippen LogP contribution in [0.2, 0.25) is 0 Å². The maximum Gasteiger partial charge on any atom is 0.246 e. The van der Waals surface area contributed by atoms with Crippen molar-refractivity contribution in [3.63, 3.8) is 0 Å². The van der Waals surface area contributed by atoms with Crippen LogP contribution in [0.25, 0.3) is 6.08 Å². The topological polar surface area (TPSA) is 53.3 Å². The molecule has 20 heavy (non-hydrogen) atoms. The van der Waals surface area contributed by atoms with Gasteiger partial charge >= 0.3 is 0 Å². The third-order valence-electron chi connectivity index (χ3n) is 3.28. The van der Waals surface area contributed by atoms with Gasteiger partial charge < -0.3 is 9.64 Å². The maximum atomic E-state index is 11.9. The smallest absolute Gasteiger partial charge is 0.246 e. The monoisotopic (exact) mass is 270 g/mol. The first-order chi connectivity index (χ1) is 9.60. The lowest BCUT2D eigenvalue weighted by Crippen LogP contribution is -2.29. The zero-order valence-electron chi connectivity index (χ0n) is 11.8. The lowest BCUT2D eigenvalue weighted by atomic mass is 10.1. The van der Waals surface area contributed by atoms with Crippen LogP contribution in [-0.4, -0.2) is 31.0 Å². The first kappa shape index (κ1) is 14.1.